The molecule has 0 spiro atoms. The Hall–Kier alpha value is -1.36. The van der Waals surface area contributed by atoms with E-state index in [1.807, 2.05) is 4.90 Å². The summed E-state index contributed by atoms with van der Waals surface area (Å²) >= 11 is 0. The Labute approximate surface area is 145 Å². The van der Waals surface area contributed by atoms with E-state index in [1.54, 1.807) is 0 Å². The van der Waals surface area contributed by atoms with Crippen molar-refractivity contribution in [2.45, 2.75) is 63.5 Å². The van der Waals surface area contributed by atoms with E-state index in [0.717, 1.165) is 50.6 Å². The lowest BCUT2D eigenvalue weighted by atomic mass is 9.96. The lowest BCUT2D eigenvalue weighted by Gasteiger charge is -2.31. The highest BCUT2D eigenvalue weighted by atomic mass is 32.2. The van der Waals surface area contributed by atoms with Gasteiger partial charge in [0.05, 0.1) is 11.0 Å². The number of rotatable bonds is 5. The van der Waals surface area contributed by atoms with Crippen molar-refractivity contribution in [2.75, 3.05) is 17.2 Å². The molecule has 1 aliphatic carbocycles. The zero-order valence-corrected chi connectivity index (χ0v) is 15.3. The number of carbonyl (C=O) groups is 1. The highest BCUT2D eigenvalue weighted by molar-refractivity contribution is 7.92. The SMILES string of the molecule is CCc1cccc2c1N(C(=O)CCS(=O)(=O)C1CCCC1)CCC2. The summed E-state index contributed by atoms with van der Waals surface area (Å²) < 4.78 is 24.8. The van der Waals surface area contributed by atoms with Crippen molar-refractivity contribution in [2.24, 2.45) is 0 Å². The van der Waals surface area contributed by atoms with E-state index in [4.69, 9.17) is 0 Å². The first-order valence-electron chi connectivity index (χ1n) is 9.15. The molecular formula is C19H27NO3S. The molecule has 0 aromatic heterocycles. The number of hydrogen-bond acceptors (Lipinski definition) is 3. The van der Waals surface area contributed by atoms with Crippen molar-refractivity contribution in [1.82, 2.24) is 0 Å². The van der Waals surface area contributed by atoms with Gasteiger partial charge in [0, 0.05) is 18.7 Å². The van der Waals surface area contributed by atoms with Crippen LogP contribution in [-0.2, 0) is 27.5 Å². The Bertz CT molecular complexity index is 691. The van der Waals surface area contributed by atoms with Gasteiger partial charge in [-0.2, -0.15) is 0 Å². The van der Waals surface area contributed by atoms with Crippen LogP contribution in [0.4, 0.5) is 5.69 Å². The molecule has 2 aliphatic rings. The van der Waals surface area contributed by atoms with Crippen molar-refractivity contribution in [3.8, 4) is 0 Å². The molecule has 0 saturated heterocycles. The minimum atomic E-state index is -3.13. The summed E-state index contributed by atoms with van der Waals surface area (Å²) in [6, 6.07) is 6.21. The maximum absolute atomic E-state index is 12.8. The van der Waals surface area contributed by atoms with E-state index in [2.05, 4.69) is 25.1 Å². The van der Waals surface area contributed by atoms with Crippen LogP contribution in [0.5, 0.6) is 0 Å². The molecule has 0 bridgehead atoms. The van der Waals surface area contributed by atoms with Crippen molar-refractivity contribution < 1.29 is 13.2 Å². The van der Waals surface area contributed by atoms with E-state index < -0.39 is 9.84 Å². The number of hydrogen-bond donors (Lipinski definition) is 0. The lowest BCUT2D eigenvalue weighted by molar-refractivity contribution is -0.118. The second kappa shape index (κ2) is 7.26. The summed E-state index contributed by atoms with van der Waals surface area (Å²) in [7, 11) is -3.13. The Kier molecular flexibility index (Phi) is 5.28. The molecule has 1 aliphatic heterocycles. The Morgan fingerprint density at radius 1 is 1.21 bits per heavy atom. The first kappa shape index (κ1) is 17.5. The average Bonchev–Trinajstić information content (AvgIpc) is 3.14. The number of para-hydroxylation sites is 1. The Morgan fingerprint density at radius 3 is 2.67 bits per heavy atom. The van der Waals surface area contributed by atoms with Crippen LogP contribution in [0, 0.1) is 0 Å². The minimum absolute atomic E-state index is 0.00335. The van der Waals surface area contributed by atoms with Crippen molar-refractivity contribution >= 4 is 21.4 Å². The van der Waals surface area contributed by atoms with E-state index in [1.165, 1.54) is 11.1 Å². The van der Waals surface area contributed by atoms with Crippen LogP contribution in [0.2, 0.25) is 0 Å². The van der Waals surface area contributed by atoms with Gasteiger partial charge in [0.15, 0.2) is 9.84 Å². The summed E-state index contributed by atoms with van der Waals surface area (Å²) in [5, 5.41) is -0.217. The number of fused-ring (bicyclic) bond motifs is 1. The van der Waals surface area contributed by atoms with Crippen LogP contribution in [0.3, 0.4) is 0 Å². The fourth-order valence-corrected chi connectivity index (χ4v) is 5.89. The third-order valence-corrected chi connectivity index (χ3v) is 7.65. The molecule has 1 saturated carbocycles. The van der Waals surface area contributed by atoms with Gasteiger partial charge in [0.1, 0.15) is 0 Å². The minimum Gasteiger partial charge on any atom is -0.312 e. The predicted octanol–water partition coefficient (Wildman–Crippen LogP) is 3.28. The van der Waals surface area contributed by atoms with Gasteiger partial charge in [-0.1, -0.05) is 38.0 Å². The third kappa shape index (κ3) is 3.51. The van der Waals surface area contributed by atoms with Gasteiger partial charge in [-0.25, -0.2) is 8.42 Å². The van der Waals surface area contributed by atoms with Crippen molar-refractivity contribution in [3.63, 3.8) is 0 Å². The van der Waals surface area contributed by atoms with Gasteiger partial charge in [-0.05, 0) is 43.2 Å². The van der Waals surface area contributed by atoms with Gasteiger partial charge < -0.3 is 4.90 Å². The van der Waals surface area contributed by atoms with Crippen LogP contribution < -0.4 is 4.90 Å². The highest BCUT2D eigenvalue weighted by Crippen LogP contribution is 2.32. The molecule has 24 heavy (non-hydrogen) atoms. The second-order valence-corrected chi connectivity index (χ2v) is 9.35. The van der Waals surface area contributed by atoms with Crippen LogP contribution in [0.1, 0.15) is 56.6 Å². The average molecular weight is 349 g/mol. The number of carbonyl (C=O) groups excluding carboxylic acids is 1. The second-order valence-electron chi connectivity index (χ2n) is 6.95. The van der Waals surface area contributed by atoms with Gasteiger partial charge in [-0.15, -0.1) is 0 Å². The Morgan fingerprint density at radius 2 is 1.96 bits per heavy atom. The number of amides is 1. The molecule has 0 atom stereocenters. The van der Waals surface area contributed by atoms with Gasteiger partial charge in [0.2, 0.25) is 5.91 Å². The van der Waals surface area contributed by atoms with Crippen LogP contribution >= 0.6 is 0 Å². The largest absolute Gasteiger partial charge is 0.312 e. The summed E-state index contributed by atoms with van der Waals surface area (Å²) in [5.74, 6) is -0.0465. The summed E-state index contributed by atoms with van der Waals surface area (Å²) in [6.45, 7) is 2.80. The number of anilines is 1. The molecule has 0 radical (unpaired) electrons. The molecule has 5 heteroatoms. The van der Waals surface area contributed by atoms with Crippen molar-refractivity contribution in [1.29, 1.82) is 0 Å². The number of benzene rings is 1. The fourth-order valence-electron chi connectivity index (χ4n) is 4.05. The molecule has 4 nitrogen and oxygen atoms in total. The van der Waals surface area contributed by atoms with Gasteiger partial charge >= 0.3 is 0 Å². The molecule has 132 valence electrons. The molecule has 0 N–H and O–H groups in total. The van der Waals surface area contributed by atoms with Gasteiger partial charge in [-0.3, -0.25) is 4.79 Å². The first-order valence-corrected chi connectivity index (χ1v) is 10.9. The molecule has 3 rings (SSSR count). The molecular weight excluding hydrogens is 322 g/mol. The predicted molar refractivity (Wildman–Crippen MR) is 97.2 cm³/mol. The topological polar surface area (TPSA) is 54.5 Å². The first-order chi connectivity index (χ1) is 11.5. The Balaban J connectivity index is 1.73. The number of nitrogens with zero attached hydrogens (tertiary/aromatic N) is 1. The lowest BCUT2D eigenvalue weighted by Crippen LogP contribution is -2.37. The van der Waals surface area contributed by atoms with Gasteiger partial charge in [0.25, 0.3) is 0 Å². The summed E-state index contributed by atoms with van der Waals surface area (Å²) in [6.07, 6.45) is 6.46. The fraction of sp³-hybridized carbons (Fsp3) is 0.632. The highest BCUT2D eigenvalue weighted by Gasteiger charge is 2.31. The zero-order valence-electron chi connectivity index (χ0n) is 14.5. The standard InChI is InChI=1S/C19H27NO3S/c1-2-15-7-5-8-16-9-6-13-20(19(15)16)18(21)12-14-24(22,23)17-10-3-4-11-17/h5,7-8,17H,2-4,6,9-14H2,1H3. The van der Waals surface area contributed by atoms with E-state index >= 15 is 0 Å². The quantitative estimate of drug-likeness (QED) is 0.820. The molecule has 1 aromatic rings. The van der Waals surface area contributed by atoms with Crippen LogP contribution in [0.15, 0.2) is 18.2 Å². The maximum atomic E-state index is 12.8. The normalized spacial score (nSPS) is 18.6. The van der Waals surface area contributed by atoms with Crippen molar-refractivity contribution in [3.05, 3.63) is 29.3 Å². The molecule has 1 fully saturated rings. The van der Waals surface area contributed by atoms with E-state index in [9.17, 15) is 13.2 Å². The zero-order chi connectivity index (χ0) is 17.2. The van der Waals surface area contributed by atoms with E-state index in [-0.39, 0.29) is 23.3 Å². The molecule has 1 heterocycles. The molecule has 1 amide bonds. The molecule has 0 unspecified atom stereocenters. The van der Waals surface area contributed by atoms with Crippen LogP contribution in [-0.4, -0.2) is 31.9 Å². The van der Waals surface area contributed by atoms with Crippen LogP contribution in [0.25, 0.3) is 0 Å². The number of sulfone groups is 1. The molecule has 1 aromatic carbocycles. The monoisotopic (exact) mass is 349 g/mol. The summed E-state index contributed by atoms with van der Waals surface area (Å²) in [4.78, 5) is 14.6. The smallest absolute Gasteiger partial charge is 0.228 e. The summed E-state index contributed by atoms with van der Waals surface area (Å²) in [5.41, 5.74) is 3.43. The van der Waals surface area contributed by atoms with E-state index in [0.29, 0.717) is 6.54 Å². The number of aryl methyl sites for hydroxylation is 2. The third-order valence-electron chi connectivity index (χ3n) is 5.39. The maximum Gasteiger partial charge on any atom is 0.228 e.